The van der Waals surface area contributed by atoms with Gasteiger partial charge in [0.15, 0.2) is 0 Å². The van der Waals surface area contributed by atoms with Crippen molar-refractivity contribution >= 4 is 5.91 Å². The molecule has 0 atom stereocenters. The van der Waals surface area contributed by atoms with Crippen LogP contribution in [0.15, 0.2) is 30.3 Å². The fourth-order valence-corrected chi connectivity index (χ4v) is 0.852. The first kappa shape index (κ1) is 7.79. The van der Waals surface area contributed by atoms with Gasteiger partial charge < -0.3 is 5.32 Å². The van der Waals surface area contributed by atoms with Crippen molar-refractivity contribution in [2.75, 3.05) is 6.54 Å². The van der Waals surface area contributed by atoms with Gasteiger partial charge in [0.1, 0.15) is 0 Å². The molecule has 1 aromatic rings. The number of nitrogens with one attached hydrogen (secondary N) is 1. The lowest BCUT2D eigenvalue weighted by Gasteiger charge is -1.99. The summed E-state index contributed by atoms with van der Waals surface area (Å²) in [7, 11) is 0. The van der Waals surface area contributed by atoms with Crippen LogP contribution in [0.1, 0.15) is 17.3 Å². The first-order chi connectivity index (χ1) is 5.34. The highest BCUT2D eigenvalue weighted by molar-refractivity contribution is 5.93. The minimum absolute atomic E-state index is 0.00639. The van der Waals surface area contributed by atoms with Gasteiger partial charge >= 0.3 is 0 Å². The molecule has 0 aliphatic rings. The van der Waals surface area contributed by atoms with E-state index in [1.165, 1.54) is 0 Å². The Labute approximate surface area is 66.2 Å². The molecule has 0 saturated heterocycles. The lowest BCUT2D eigenvalue weighted by molar-refractivity contribution is 0.0956. The van der Waals surface area contributed by atoms with Crippen LogP contribution in [0.3, 0.4) is 0 Å². The Hall–Kier alpha value is -1.31. The van der Waals surface area contributed by atoms with Crippen LogP contribution in [0.2, 0.25) is 0 Å². The van der Waals surface area contributed by atoms with E-state index in [2.05, 4.69) is 5.32 Å². The van der Waals surface area contributed by atoms with Gasteiger partial charge in [0.2, 0.25) is 0 Å². The van der Waals surface area contributed by atoms with Crippen molar-refractivity contribution in [1.29, 1.82) is 0 Å². The molecule has 0 fully saturated rings. The number of hydrogen-bond acceptors (Lipinski definition) is 1. The van der Waals surface area contributed by atoms with E-state index < -0.39 is 0 Å². The average Bonchev–Trinajstić information content (AvgIpc) is 2.07. The molecule has 0 spiro atoms. The van der Waals surface area contributed by atoms with E-state index >= 15 is 0 Å². The first-order valence-electron chi connectivity index (χ1n) is 3.68. The van der Waals surface area contributed by atoms with Gasteiger partial charge in [-0.05, 0) is 19.1 Å². The second-order valence-corrected chi connectivity index (χ2v) is 2.23. The van der Waals surface area contributed by atoms with Gasteiger partial charge in [0.05, 0.1) is 0 Å². The van der Waals surface area contributed by atoms with E-state index in [4.69, 9.17) is 0 Å². The molecule has 58 valence electrons. The van der Waals surface area contributed by atoms with Crippen LogP contribution in [0.5, 0.6) is 0 Å². The summed E-state index contributed by atoms with van der Waals surface area (Å²) >= 11 is 0. The van der Waals surface area contributed by atoms with Gasteiger partial charge in [-0.15, -0.1) is 0 Å². The van der Waals surface area contributed by atoms with E-state index in [9.17, 15) is 4.79 Å². The molecular weight excluding hydrogens is 138 g/mol. The summed E-state index contributed by atoms with van der Waals surface area (Å²) in [6.07, 6.45) is 0. The Balaban J connectivity index is 2.69. The Bertz CT molecular complexity index is 231. The van der Waals surface area contributed by atoms with Crippen LogP contribution in [0, 0.1) is 0 Å². The predicted octanol–water partition coefficient (Wildman–Crippen LogP) is 1.44. The summed E-state index contributed by atoms with van der Waals surface area (Å²) in [4.78, 5) is 11.1. The monoisotopic (exact) mass is 149 g/mol. The Morgan fingerprint density at radius 3 is 2.55 bits per heavy atom. The van der Waals surface area contributed by atoms with Gasteiger partial charge in [-0.25, -0.2) is 0 Å². The van der Waals surface area contributed by atoms with Crippen molar-refractivity contribution in [2.45, 2.75) is 6.92 Å². The molecule has 0 aliphatic carbocycles. The summed E-state index contributed by atoms with van der Waals surface area (Å²) in [6, 6.07) is 9.19. The number of hydrogen-bond donors (Lipinski definition) is 1. The molecule has 1 rings (SSSR count). The smallest absolute Gasteiger partial charge is 0.251 e. The molecule has 0 bridgehead atoms. The standard InChI is InChI=1S/C9H11NO/c1-2-10-9(11)8-6-4-3-5-7-8/h3-7H,2H2,1H3,(H,10,11). The molecule has 11 heavy (non-hydrogen) atoms. The molecule has 0 heterocycles. The molecule has 1 amide bonds. The van der Waals surface area contributed by atoms with Crippen LogP contribution in [-0.2, 0) is 0 Å². The minimum Gasteiger partial charge on any atom is -0.352 e. The molecule has 1 N–H and O–H groups in total. The summed E-state index contributed by atoms with van der Waals surface area (Å²) in [6.45, 7) is 2.58. The van der Waals surface area contributed by atoms with Gasteiger partial charge in [-0.2, -0.15) is 0 Å². The average molecular weight is 149 g/mol. The number of benzene rings is 1. The molecule has 2 heteroatoms. The topological polar surface area (TPSA) is 29.1 Å². The van der Waals surface area contributed by atoms with Crippen LogP contribution in [-0.4, -0.2) is 12.5 Å². The van der Waals surface area contributed by atoms with Crippen molar-refractivity contribution in [2.24, 2.45) is 0 Å². The highest BCUT2D eigenvalue weighted by Crippen LogP contribution is 1.96. The molecule has 2 nitrogen and oxygen atoms in total. The Morgan fingerprint density at radius 2 is 2.00 bits per heavy atom. The van der Waals surface area contributed by atoms with Crippen LogP contribution in [0.25, 0.3) is 0 Å². The number of carbonyl (C=O) groups is 1. The Morgan fingerprint density at radius 1 is 1.36 bits per heavy atom. The van der Waals surface area contributed by atoms with Gasteiger partial charge in [-0.3, -0.25) is 4.79 Å². The fraction of sp³-hybridized carbons (Fsp3) is 0.222. The molecular formula is C9H11NO. The third kappa shape index (κ3) is 2.08. The maximum Gasteiger partial charge on any atom is 0.251 e. The molecule has 0 aliphatic heterocycles. The predicted molar refractivity (Wildman–Crippen MR) is 44.4 cm³/mol. The van der Waals surface area contributed by atoms with Gasteiger partial charge in [0, 0.05) is 12.1 Å². The first-order valence-corrected chi connectivity index (χ1v) is 3.68. The number of rotatable bonds is 2. The van der Waals surface area contributed by atoms with Crippen LogP contribution in [0.4, 0.5) is 0 Å². The van der Waals surface area contributed by atoms with Gasteiger partial charge in [-0.1, -0.05) is 18.2 Å². The van der Waals surface area contributed by atoms with Crippen LogP contribution >= 0.6 is 0 Å². The summed E-state index contributed by atoms with van der Waals surface area (Å²) in [5.74, 6) is -0.00639. The lowest BCUT2D eigenvalue weighted by Crippen LogP contribution is -2.22. The summed E-state index contributed by atoms with van der Waals surface area (Å²) < 4.78 is 0. The Kier molecular flexibility index (Phi) is 2.66. The third-order valence-electron chi connectivity index (χ3n) is 1.37. The zero-order valence-corrected chi connectivity index (χ0v) is 6.50. The van der Waals surface area contributed by atoms with E-state index in [0.717, 1.165) is 0 Å². The fourth-order valence-electron chi connectivity index (χ4n) is 0.852. The van der Waals surface area contributed by atoms with Crippen molar-refractivity contribution in [3.63, 3.8) is 0 Å². The highest BCUT2D eigenvalue weighted by Gasteiger charge is 1.99. The number of carbonyl (C=O) groups excluding carboxylic acids is 1. The van der Waals surface area contributed by atoms with Crippen molar-refractivity contribution in [3.05, 3.63) is 35.9 Å². The van der Waals surface area contributed by atoms with Crippen molar-refractivity contribution in [3.8, 4) is 0 Å². The maximum absolute atomic E-state index is 11.1. The zero-order valence-electron chi connectivity index (χ0n) is 6.50. The van der Waals surface area contributed by atoms with E-state index in [1.807, 2.05) is 25.1 Å². The summed E-state index contributed by atoms with van der Waals surface area (Å²) in [5, 5.41) is 2.72. The maximum atomic E-state index is 11.1. The van der Waals surface area contributed by atoms with Crippen molar-refractivity contribution in [1.82, 2.24) is 5.32 Å². The SMILES string of the molecule is CCNC(=O)c1ccccc1. The highest BCUT2D eigenvalue weighted by atomic mass is 16.1. The molecule has 0 radical (unpaired) electrons. The second kappa shape index (κ2) is 3.76. The molecule has 0 saturated carbocycles. The van der Waals surface area contributed by atoms with E-state index in [0.29, 0.717) is 12.1 Å². The summed E-state index contributed by atoms with van der Waals surface area (Å²) in [5.41, 5.74) is 0.717. The van der Waals surface area contributed by atoms with E-state index in [-0.39, 0.29) is 5.91 Å². The number of amides is 1. The van der Waals surface area contributed by atoms with Gasteiger partial charge in [0.25, 0.3) is 5.91 Å². The quantitative estimate of drug-likeness (QED) is 0.677. The molecule has 0 aromatic heterocycles. The third-order valence-corrected chi connectivity index (χ3v) is 1.37. The second-order valence-electron chi connectivity index (χ2n) is 2.23. The van der Waals surface area contributed by atoms with Crippen LogP contribution < -0.4 is 5.32 Å². The lowest BCUT2D eigenvalue weighted by atomic mass is 10.2. The zero-order chi connectivity index (χ0) is 8.10. The molecule has 0 unspecified atom stereocenters. The normalized spacial score (nSPS) is 9.18. The molecule has 1 aromatic carbocycles. The van der Waals surface area contributed by atoms with E-state index in [1.54, 1.807) is 12.1 Å². The van der Waals surface area contributed by atoms with Crippen molar-refractivity contribution < 1.29 is 4.79 Å². The minimum atomic E-state index is -0.00639. The largest absolute Gasteiger partial charge is 0.352 e.